The van der Waals surface area contributed by atoms with Crippen LogP contribution < -0.4 is 11.1 Å². The van der Waals surface area contributed by atoms with Crippen molar-refractivity contribution < 1.29 is 13.6 Å². The standard InChI is InChI=1S/C9H22N4O3S/c1-3-13(17(2,15)16)8-4-6-11-7-5-9(10)12-14/h11,14H,3-8H2,1-2H3,(H2,10,12). The number of oxime groups is 1. The fourth-order valence-electron chi connectivity index (χ4n) is 1.33. The predicted octanol–water partition coefficient (Wildman–Crippen LogP) is -0.616. The molecule has 0 radical (unpaired) electrons. The lowest BCUT2D eigenvalue weighted by Crippen LogP contribution is -2.32. The molecule has 4 N–H and O–H groups in total. The van der Waals surface area contributed by atoms with Crippen LogP contribution in [0.25, 0.3) is 0 Å². The van der Waals surface area contributed by atoms with Crippen LogP contribution in [0.3, 0.4) is 0 Å². The van der Waals surface area contributed by atoms with E-state index in [0.717, 1.165) is 6.42 Å². The third kappa shape index (κ3) is 7.94. The topological polar surface area (TPSA) is 108 Å². The van der Waals surface area contributed by atoms with Gasteiger partial charge in [0.15, 0.2) is 0 Å². The zero-order valence-electron chi connectivity index (χ0n) is 10.4. The second kappa shape index (κ2) is 8.26. The first-order chi connectivity index (χ1) is 7.91. The fraction of sp³-hybridized carbons (Fsp3) is 0.889. The van der Waals surface area contributed by atoms with Gasteiger partial charge in [-0.05, 0) is 13.0 Å². The summed E-state index contributed by atoms with van der Waals surface area (Å²) in [5.74, 6) is 0.184. The molecule has 0 aromatic heterocycles. The maximum Gasteiger partial charge on any atom is 0.211 e. The molecule has 0 aliphatic rings. The Morgan fingerprint density at radius 3 is 2.59 bits per heavy atom. The van der Waals surface area contributed by atoms with Crippen LogP contribution in [0.5, 0.6) is 0 Å². The van der Waals surface area contributed by atoms with E-state index in [9.17, 15) is 8.42 Å². The van der Waals surface area contributed by atoms with Crippen molar-refractivity contribution in [2.75, 3.05) is 32.4 Å². The van der Waals surface area contributed by atoms with Crippen LogP contribution in [-0.2, 0) is 10.0 Å². The van der Waals surface area contributed by atoms with Gasteiger partial charge in [0.05, 0.1) is 6.26 Å². The Hall–Kier alpha value is -0.860. The van der Waals surface area contributed by atoms with E-state index in [2.05, 4.69) is 10.5 Å². The molecule has 0 saturated carbocycles. The Labute approximate surface area is 103 Å². The zero-order valence-corrected chi connectivity index (χ0v) is 11.2. The summed E-state index contributed by atoms with van der Waals surface area (Å²) in [6, 6.07) is 0. The number of nitrogens with two attached hydrogens (primary N) is 1. The molecule has 0 aromatic rings. The predicted molar refractivity (Wildman–Crippen MR) is 67.6 cm³/mol. The number of amidine groups is 1. The minimum atomic E-state index is -3.09. The van der Waals surface area contributed by atoms with Crippen LogP contribution in [0.15, 0.2) is 5.16 Å². The van der Waals surface area contributed by atoms with Crippen molar-refractivity contribution in [3.63, 3.8) is 0 Å². The van der Waals surface area contributed by atoms with Crippen molar-refractivity contribution in [1.82, 2.24) is 9.62 Å². The lowest BCUT2D eigenvalue weighted by atomic mass is 10.3. The van der Waals surface area contributed by atoms with Gasteiger partial charge in [-0.1, -0.05) is 12.1 Å². The maximum atomic E-state index is 11.3. The summed E-state index contributed by atoms with van der Waals surface area (Å²) in [6.45, 7) is 4.12. The van der Waals surface area contributed by atoms with Gasteiger partial charge < -0.3 is 16.3 Å². The fourth-order valence-corrected chi connectivity index (χ4v) is 2.26. The van der Waals surface area contributed by atoms with E-state index in [-0.39, 0.29) is 5.84 Å². The second-order valence-electron chi connectivity index (χ2n) is 3.70. The lowest BCUT2D eigenvalue weighted by Gasteiger charge is -2.17. The van der Waals surface area contributed by atoms with Gasteiger partial charge in [-0.15, -0.1) is 0 Å². The van der Waals surface area contributed by atoms with Crippen LogP contribution in [0.1, 0.15) is 19.8 Å². The Morgan fingerprint density at radius 1 is 1.47 bits per heavy atom. The first kappa shape index (κ1) is 16.1. The number of sulfonamides is 1. The van der Waals surface area contributed by atoms with Crippen LogP contribution in [0, 0.1) is 0 Å². The molecule has 0 bridgehead atoms. The lowest BCUT2D eigenvalue weighted by molar-refractivity contribution is 0.316. The molecule has 0 atom stereocenters. The molecule has 7 nitrogen and oxygen atoms in total. The number of nitrogens with one attached hydrogen (secondary N) is 1. The van der Waals surface area contributed by atoms with E-state index in [1.165, 1.54) is 10.6 Å². The Morgan fingerprint density at radius 2 is 2.12 bits per heavy atom. The average Bonchev–Trinajstić information content (AvgIpc) is 2.25. The van der Waals surface area contributed by atoms with Crippen LogP contribution in [0.4, 0.5) is 0 Å². The minimum Gasteiger partial charge on any atom is -0.409 e. The molecular formula is C9H22N4O3S. The Bertz CT molecular complexity index is 329. The summed E-state index contributed by atoms with van der Waals surface area (Å²) in [5.41, 5.74) is 5.29. The summed E-state index contributed by atoms with van der Waals surface area (Å²) in [6.07, 6.45) is 2.42. The zero-order chi connectivity index (χ0) is 13.3. The van der Waals surface area contributed by atoms with E-state index in [0.29, 0.717) is 32.6 Å². The molecule has 0 heterocycles. The van der Waals surface area contributed by atoms with Crippen molar-refractivity contribution in [1.29, 1.82) is 0 Å². The average molecular weight is 266 g/mol. The van der Waals surface area contributed by atoms with Gasteiger partial charge >= 0.3 is 0 Å². The highest BCUT2D eigenvalue weighted by atomic mass is 32.2. The van der Waals surface area contributed by atoms with Gasteiger partial charge in [0, 0.05) is 26.1 Å². The summed E-state index contributed by atoms with van der Waals surface area (Å²) >= 11 is 0. The number of rotatable bonds is 9. The highest BCUT2D eigenvalue weighted by Gasteiger charge is 2.12. The van der Waals surface area contributed by atoms with Gasteiger partial charge in [-0.2, -0.15) is 0 Å². The van der Waals surface area contributed by atoms with Crippen LogP contribution in [0.2, 0.25) is 0 Å². The van der Waals surface area contributed by atoms with Gasteiger partial charge in [0.2, 0.25) is 10.0 Å². The van der Waals surface area contributed by atoms with E-state index in [1.54, 1.807) is 0 Å². The van der Waals surface area contributed by atoms with Gasteiger partial charge in [0.1, 0.15) is 5.84 Å². The Kier molecular flexibility index (Phi) is 7.85. The molecule has 0 aliphatic heterocycles. The van der Waals surface area contributed by atoms with E-state index in [4.69, 9.17) is 10.9 Å². The van der Waals surface area contributed by atoms with Crippen LogP contribution >= 0.6 is 0 Å². The SMILES string of the molecule is CCN(CCCNCCC(N)=NO)S(C)(=O)=O. The molecule has 0 amide bonds. The summed E-state index contributed by atoms with van der Waals surface area (Å²) in [4.78, 5) is 0. The summed E-state index contributed by atoms with van der Waals surface area (Å²) < 4.78 is 23.9. The molecule has 0 saturated heterocycles. The maximum absolute atomic E-state index is 11.3. The summed E-state index contributed by atoms with van der Waals surface area (Å²) in [7, 11) is -3.09. The molecular weight excluding hydrogens is 244 g/mol. The first-order valence-corrected chi connectivity index (χ1v) is 7.38. The quantitative estimate of drug-likeness (QED) is 0.169. The van der Waals surface area contributed by atoms with Crippen LogP contribution in [-0.4, -0.2) is 56.2 Å². The number of hydrogen-bond acceptors (Lipinski definition) is 5. The highest BCUT2D eigenvalue weighted by Crippen LogP contribution is 1.98. The van der Waals surface area contributed by atoms with Crippen molar-refractivity contribution in [2.24, 2.45) is 10.9 Å². The molecule has 17 heavy (non-hydrogen) atoms. The van der Waals surface area contributed by atoms with Gasteiger partial charge in [-0.3, -0.25) is 0 Å². The number of nitrogens with zero attached hydrogens (tertiary/aromatic N) is 2. The molecule has 0 unspecified atom stereocenters. The molecule has 0 aliphatic carbocycles. The highest BCUT2D eigenvalue weighted by molar-refractivity contribution is 7.88. The number of hydrogen-bond donors (Lipinski definition) is 3. The van der Waals surface area contributed by atoms with E-state index in [1.807, 2.05) is 6.92 Å². The minimum absolute atomic E-state index is 0.184. The molecule has 102 valence electrons. The second-order valence-corrected chi connectivity index (χ2v) is 5.68. The molecule has 8 heteroatoms. The summed E-state index contributed by atoms with van der Waals surface area (Å²) in [5, 5.41) is 14.2. The largest absolute Gasteiger partial charge is 0.409 e. The molecule has 0 fully saturated rings. The molecule has 0 aromatic carbocycles. The normalized spacial score (nSPS) is 13.2. The van der Waals surface area contributed by atoms with Crippen molar-refractivity contribution >= 4 is 15.9 Å². The molecule has 0 spiro atoms. The first-order valence-electron chi connectivity index (χ1n) is 5.54. The van der Waals surface area contributed by atoms with E-state index >= 15 is 0 Å². The van der Waals surface area contributed by atoms with Gasteiger partial charge in [-0.25, -0.2) is 12.7 Å². The monoisotopic (exact) mass is 266 g/mol. The Balaban J connectivity index is 3.64. The van der Waals surface area contributed by atoms with Crippen molar-refractivity contribution in [2.45, 2.75) is 19.8 Å². The van der Waals surface area contributed by atoms with Crippen molar-refractivity contribution in [3.8, 4) is 0 Å². The third-order valence-corrected chi connectivity index (χ3v) is 3.65. The third-order valence-electron chi connectivity index (χ3n) is 2.27. The molecule has 0 rings (SSSR count). The smallest absolute Gasteiger partial charge is 0.211 e. The van der Waals surface area contributed by atoms with Gasteiger partial charge in [0.25, 0.3) is 0 Å². The van der Waals surface area contributed by atoms with Crippen molar-refractivity contribution in [3.05, 3.63) is 0 Å². The van der Waals surface area contributed by atoms with E-state index < -0.39 is 10.0 Å².